The van der Waals surface area contributed by atoms with Gasteiger partial charge in [-0.1, -0.05) is 40.2 Å². The Morgan fingerprint density at radius 1 is 1.21 bits per heavy atom. The first-order chi connectivity index (χ1) is 11.6. The molecule has 0 saturated carbocycles. The Morgan fingerprint density at radius 3 is 2.75 bits per heavy atom. The first kappa shape index (κ1) is 17.2. The fourth-order valence-electron chi connectivity index (χ4n) is 2.40. The average molecular weight is 496 g/mol. The molecule has 0 spiro atoms. The number of hydrogen-bond donors (Lipinski definition) is 1. The number of carbonyl (C=O) groups is 1. The molecule has 0 bridgehead atoms. The summed E-state index contributed by atoms with van der Waals surface area (Å²) in [5, 5.41) is 3.01. The lowest BCUT2D eigenvalue weighted by Crippen LogP contribution is -2.24. The van der Waals surface area contributed by atoms with Gasteiger partial charge >= 0.3 is 0 Å². The lowest BCUT2D eigenvalue weighted by Gasteiger charge is -2.12. The van der Waals surface area contributed by atoms with Crippen LogP contribution in [0, 0.1) is 3.57 Å². The molecule has 24 heavy (non-hydrogen) atoms. The molecule has 4 nitrogen and oxygen atoms in total. The summed E-state index contributed by atoms with van der Waals surface area (Å²) in [6, 6.07) is 13.8. The predicted octanol–water partition coefficient (Wildman–Crippen LogP) is 4.23. The second-order valence-electron chi connectivity index (χ2n) is 5.31. The maximum absolute atomic E-state index is 12.5. The quantitative estimate of drug-likeness (QED) is 0.538. The molecular weight excluding hydrogens is 481 g/mol. The van der Waals surface area contributed by atoms with E-state index < -0.39 is 0 Å². The molecule has 1 aromatic heterocycles. The van der Waals surface area contributed by atoms with Crippen LogP contribution in [-0.4, -0.2) is 15.5 Å². The first-order valence-corrected chi connectivity index (χ1v) is 9.26. The van der Waals surface area contributed by atoms with Crippen molar-refractivity contribution in [2.75, 3.05) is 0 Å². The molecule has 0 aliphatic carbocycles. The number of halogens is 2. The molecule has 1 N–H and O–H groups in total. The molecule has 0 aliphatic heterocycles. The summed E-state index contributed by atoms with van der Waals surface area (Å²) in [7, 11) is 0. The molecule has 122 valence electrons. The fraction of sp³-hybridized carbons (Fsp3) is 0.111. The third kappa shape index (κ3) is 4.24. The number of amides is 1. The summed E-state index contributed by atoms with van der Waals surface area (Å²) in [6.45, 7) is 1.23. The highest BCUT2D eigenvalue weighted by Crippen LogP contribution is 2.19. The molecule has 0 fully saturated rings. The number of aromatic nitrogens is 2. The first-order valence-electron chi connectivity index (χ1n) is 7.39. The van der Waals surface area contributed by atoms with Gasteiger partial charge < -0.3 is 9.88 Å². The van der Waals surface area contributed by atoms with Crippen molar-refractivity contribution in [1.29, 1.82) is 0 Å². The van der Waals surface area contributed by atoms with E-state index in [0.29, 0.717) is 12.1 Å². The van der Waals surface area contributed by atoms with E-state index in [1.807, 2.05) is 47.2 Å². The zero-order chi connectivity index (χ0) is 16.9. The standard InChI is InChI=1S/C18H15BrIN3O/c19-15-5-6-17(20)16(9-15)18(24)22-10-13-3-1-2-4-14(13)11-23-8-7-21-12-23/h1-9,12H,10-11H2,(H,22,24). The zero-order valence-electron chi connectivity index (χ0n) is 12.7. The molecule has 3 rings (SSSR count). The normalized spacial score (nSPS) is 10.6. The summed E-state index contributed by atoms with van der Waals surface area (Å²) >= 11 is 5.59. The molecule has 1 amide bonds. The molecule has 0 unspecified atom stereocenters. The van der Waals surface area contributed by atoms with Crippen LogP contribution in [-0.2, 0) is 13.1 Å². The van der Waals surface area contributed by atoms with Crippen LogP contribution in [0.4, 0.5) is 0 Å². The molecule has 0 radical (unpaired) electrons. The molecule has 1 heterocycles. The van der Waals surface area contributed by atoms with Crippen molar-refractivity contribution >= 4 is 44.4 Å². The molecule has 2 aromatic carbocycles. The van der Waals surface area contributed by atoms with Crippen LogP contribution in [0.3, 0.4) is 0 Å². The van der Waals surface area contributed by atoms with Gasteiger partial charge in [-0.3, -0.25) is 4.79 Å². The number of imidazole rings is 1. The number of nitrogens with one attached hydrogen (secondary N) is 1. The smallest absolute Gasteiger partial charge is 0.252 e. The number of nitrogens with zero attached hydrogens (tertiary/aromatic N) is 2. The third-order valence-corrected chi connectivity index (χ3v) is 5.08. The molecule has 3 aromatic rings. The van der Waals surface area contributed by atoms with Gasteiger partial charge in [-0.05, 0) is 51.9 Å². The van der Waals surface area contributed by atoms with Gasteiger partial charge in [0.15, 0.2) is 0 Å². The van der Waals surface area contributed by atoms with E-state index in [2.05, 4.69) is 54.9 Å². The van der Waals surface area contributed by atoms with Crippen LogP contribution in [0.5, 0.6) is 0 Å². The second-order valence-corrected chi connectivity index (χ2v) is 7.39. The summed E-state index contributed by atoms with van der Waals surface area (Å²) < 4.78 is 3.84. The lowest BCUT2D eigenvalue weighted by atomic mass is 10.1. The van der Waals surface area contributed by atoms with Crippen molar-refractivity contribution in [2.45, 2.75) is 13.1 Å². The van der Waals surface area contributed by atoms with Crippen molar-refractivity contribution in [3.8, 4) is 0 Å². The van der Waals surface area contributed by atoms with E-state index >= 15 is 0 Å². The highest BCUT2D eigenvalue weighted by Gasteiger charge is 2.11. The minimum Gasteiger partial charge on any atom is -0.348 e. The van der Waals surface area contributed by atoms with Gasteiger partial charge in [0.1, 0.15) is 0 Å². The van der Waals surface area contributed by atoms with Crippen molar-refractivity contribution in [3.05, 3.63) is 85.9 Å². The summed E-state index contributed by atoms with van der Waals surface area (Å²) in [5.41, 5.74) is 2.95. The number of rotatable bonds is 5. The van der Waals surface area contributed by atoms with E-state index in [1.165, 1.54) is 5.56 Å². The van der Waals surface area contributed by atoms with Crippen LogP contribution >= 0.6 is 38.5 Å². The molecule has 0 atom stereocenters. The fourth-order valence-corrected chi connectivity index (χ4v) is 3.34. The van der Waals surface area contributed by atoms with E-state index in [9.17, 15) is 4.79 Å². The molecule has 6 heteroatoms. The summed E-state index contributed by atoms with van der Waals surface area (Å²) in [4.78, 5) is 16.5. The minimum atomic E-state index is -0.0712. The average Bonchev–Trinajstić information content (AvgIpc) is 3.09. The maximum Gasteiger partial charge on any atom is 0.252 e. The SMILES string of the molecule is O=C(NCc1ccccc1Cn1ccnc1)c1cc(Br)ccc1I. The Morgan fingerprint density at radius 2 is 2.00 bits per heavy atom. The highest BCUT2D eigenvalue weighted by molar-refractivity contribution is 14.1. The third-order valence-electron chi connectivity index (χ3n) is 3.64. The van der Waals surface area contributed by atoms with Crippen LogP contribution < -0.4 is 5.32 Å². The Labute approximate surface area is 162 Å². The highest BCUT2D eigenvalue weighted by atomic mass is 127. The van der Waals surface area contributed by atoms with E-state index in [-0.39, 0.29) is 5.91 Å². The Hall–Kier alpha value is -1.67. The van der Waals surface area contributed by atoms with Gasteiger partial charge in [-0.25, -0.2) is 4.98 Å². The predicted molar refractivity (Wildman–Crippen MR) is 106 cm³/mol. The van der Waals surface area contributed by atoms with Gasteiger partial charge in [0.2, 0.25) is 0 Å². The Kier molecular flexibility index (Phi) is 5.68. The minimum absolute atomic E-state index is 0.0712. The molecule has 0 saturated heterocycles. The number of carbonyl (C=O) groups excluding carboxylic acids is 1. The van der Waals surface area contributed by atoms with Crippen LogP contribution in [0.1, 0.15) is 21.5 Å². The van der Waals surface area contributed by atoms with Gasteiger partial charge in [0, 0.05) is 33.5 Å². The van der Waals surface area contributed by atoms with Gasteiger partial charge in [-0.15, -0.1) is 0 Å². The van der Waals surface area contributed by atoms with Gasteiger partial charge in [-0.2, -0.15) is 0 Å². The number of benzene rings is 2. The second kappa shape index (κ2) is 7.94. The maximum atomic E-state index is 12.5. The summed E-state index contributed by atoms with van der Waals surface area (Å²) in [5.74, 6) is -0.0712. The van der Waals surface area contributed by atoms with Gasteiger partial charge in [0.25, 0.3) is 5.91 Å². The monoisotopic (exact) mass is 495 g/mol. The molecule has 0 aliphatic rings. The van der Waals surface area contributed by atoms with E-state index in [1.54, 1.807) is 12.5 Å². The van der Waals surface area contributed by atoms with Crippen molar-refractivity contribution in [2.24, 2.45) is 0 Å². The van der Waals surface area contributed by atoms with Crippen molar-refractivity contribution in [3.63, 3.8) is 0 Å². The molecular formula is C18H15BrIN3O. The van der Waals surface area contributed by atoms with Crippen LogP contribution in [0.15, 0.2) is 65.7 Å². The van der Waals surface area contributed by atoms with Crippen LogP contribution in [0.25, 0.3) is 0 Å². The Balaban J connectivity index is 1.72. The van der Waals surface area contributed by atoms with Crippen molar-refractivity contribution < 1.29 is 4.79 Å². The van der Waals surface area contributed by atoms with Crippen molar-refractivity contribution in [1.82, 2.24) is 14.9 Å². The number of hydrogen-bond acceptors (Lipinski definition) is 2. The van der Waals surface area contributed by atoms with Gasteiger partial charge in [0.05, 0.1) is 11.9 Å². The lowest BCUT2D eigenvalue weighted by molar-refractivity contribution is 0.0950. The Bertz CT molecular complexity index is 849. The van der Waals surface area contributed by atoms with E-state index in [4.69, 9.17) is 0 Å². The summed E-state index contributed by atoms with van der Waals surface area (Å²) in [6.07, 6.45) is 5.48. The van der Waals surface area contributed by atoms with E-state index in [0.717, 1.165) is 20.2 Å². The van der Waals surface area contributed by atoms with Crippen LogP contribution in [0.2, 0.25) is 0 Å². The topological polar surface area (TPSA) is 46.9 Å². The largest absolute Gasteiger partial charge is 0.348 e. The zero-order valence-corrected chi connectivity index (χ0v) is 16.5.